The second kappa shape index (κ2) is 6.71. The van der Waals surface area contributed by atoms with Crippen LogP contribution < -0.4 is 4.72 Å². The highest BCUT2D eigenvalue weighted by Gasteiger charge is 2.31. The molecular weight excluding hydrogens is 298 g/mol. The van der Waals surface area contributed by atoms with Crippen molar-refractivity contribution >= 4 is 22.1 Å². The lowest BCUT2D eigenvalue weighted by Gasteiger charge is -2.29. The lowest BCUT2D eigenvalue weighted by Crippen LogP contribution is -2.48. The summed E-state index contributed by atoms with van der Waals surface area (Å²) >= 11 is 0. The van der Waals surface area contributed by atoms with E-state index >= 15 is 0 Å². The topological polar surface area (TPSA) is 107 Å². The average molecular weight is 319 g/mol. The van der Waals surface area contributed by atoms with Crippen molar-refractivity contribution in [3.63, 3.8) is 0 Å². The van der Waals surface area contributed by atoms with Crippen LogP contribution in [0.2, 0.25) is 0 Å². The summed E-state index contributed by atoms with van der Waals surface area (Å²) < 4.78 is 27.7. The summed E-state index contributed by atoms with van der Waals surface area (Å²) in [6, 6.07) is 0. The maximum Gasteiger partial charge on any atom is 0.306 e. The lowest BCUT2D eigenvalue weighted by atomic mass is 9.99. The maximum atomic E-state index is 12.1. The highest BCUT2D eigenvalue weighted by atomic mass is 32.2. The van der Waals surface area contributed by atoms with Crippen molar-refractivity contribution < 1.29 is 23.1 Å². The van der Waals surface area contributed by atoms with Gasteiger partial charge >= 0.3 is 5.97 Å². The van der Waals surface area contributed by atoms with Crippen molar-refractivity contribution in [2.24, 2.45) is 5.92 Å². The second-order valence-electron chi connectivity index (χ2n) is 5.43. The van der Waals surface area contributed by atoms with E-state index in [0.717, 1.165) is 12.8 Å². The van der Waals surface area contributed by atoms with Crippen LogP contribution in [0.3, 0.4) is 0 Å². The fraction of sp³-hybridized carbons (Fsp3) is 0.833. The molecule has 2 heterocycles. The van der Waals surface area contributed by atoms with E-state index in [1.807, 2.05) is 0 Å². The number of amides is 1. The predicted octanol–water partition coefficient (Wildman–Crippen LogP) is -0.760. The Hall–Kier alpha value is -1.19. The molecule has 120 valence electrons. The first-order chi connectivity index (χ1) is 9.90. The van der Waals surface area contributed by atoms with Crippen molar-refractivity contribution in [2.75, 3.05) is 32.7 Å². The fourth-order valence-corrected chi connectivity index (χ4v) is 3.85. The smallest absolute Gasteiger partial charge is 0.306 e. The van der Waals surface area contributed by atoms with E-state index in [-0.39, 0.29) is 25.5 Å². The molecule has 1 amide bonds. The molecule has 2 N–H and O–H groups in total. The highest BCUT2D eigenvalue weighted by molar-refractivity contribution is 7.87. The molecule has 0 atom stereocenters. The minimum Gasteiger partial charge on any atom is -0.481 e. The molecule has 2 aliphatic heterocycles. The molecule has 2 aliphatic rings. The molecule has 0 bridgehead atoms. The van der Waals surface area contributed by atoms with Crippen molar-refractivity contribution in [1.29, 1.82) is 0 Å². The summed E-state index contributed by atoms with van der Waals surface area (Å²) in [4.78, 5) is 24.3. The number of hydrogen-bond donors (Lipinski definition) is 2. The Kier molecular flexibility index (Phi) is 5.17. The molecule has 0 aromatic heterocycles. The molecule has 2 saturated heterocycles. The quantitative estimate of drug-likeness (QED) is 0.693. The third-order valence-electron chi connectivity index (χ3n) is 4.01. The van der Waals surface area contributed by atoms with Gasteiger partial charge in [0.2, 0.25) is 5.91 Å². The number of hydrogen-bond acceptors (Lipinski definition) is 4. The van der Waals surface area contributed by atoms with E-state index in [1.54, 1.807) is 4.90 Å². The van der Waals surface area contributed by atoms with Gasteiger partial charge in [-0.05, 0) is 25.7 Å². The van der Waals surface area contributed by atoms with Gasteiger partial charge in [0, 0.05) is 26.2 Å². The molecule has 8 nitrogen and oxygen atoms in total. The van der Waals surface area contributed by atoms with Crippen LogP contribution in [-0.4, -0.2) is 67.3 Å². The van der Waals surface area contributed by atoms with Crippen LogP contribution in [0.5, 0.6) is 0 Å². The van der Waals surface area contributed by atoms with Gasteiger partial charge in [-0.2, -0.15) is 17.4 Å². The van der Waals surface area contributed by atoms with Gasteiger partial charge in [0.1, 0.15) is 0 Å². The van der Waals surface area contributed by atoms with E-state index in [4.69, 9.17) is 5.11 Å². The Morgan fingerprint density at radius 1 is 1.10 bits per heavy atom. The molecular formula is C12H21N3O5S. The van der Waals surface area contributed by atoms with Gasteiger partial charge in [0.15, 0.2) is 0 Å². The molecule has 0 aromatic rings. The van der Waals surface area contributed by atoms with Crippen molar-refractivity contribution in [3.05, 3.63) is 0 Å². The number of likely N-dealkylation sites (tertiary alicyclic amines) is 1. The van der Waals surface area contributed by atoms with Gasteiger partial charge in [0.05, 0.1) is 12.5 Å². The first-order valence-corrected chi connectivity index (χ1v) is 8.59. The highest BCUT2D eigenvalue weighted by Crippen LogP contribution is 2.19. The van der Waals surface area contributed by atoms with E-state index in [9.17, 15) is 18.0 Å². The van der Waals surface area contributed by atoms with E-state index in [2.05, 4.69) is 4.72 Å². The first-order valence-electron chi connectivity index (χ1n) is 7.15. The summed E-state index contributed by atoms with van der Waals surface area (Å²) in [5, 5.41) is 8.89. The number of piperidine rings is 1. The van der Waals surface area contributed by atoms with Crippen LogP contribution >= 0.6 is 0 Å². The van der Waals surface area contributed by atoms with Gasteiger partial charge in [-0.3, -0.25) is 9.59 Å². The SMILES string of the molecule is O=C(O)C1CCN(S(=O)(=O)NCC(=O)N2CCCC2)CC1. The fourth-order valence-electron chi connectivity index (χ4n) is 2.67. The minimum absolute atomic E-state index is 0.171. The van der Waals surface area contributed by atoms with E-state index in [0.29, 0.717) is 25.9 Å². The van der Waals surface area contributed by atoms with Crippen molar-refractivity contribution in [3.8, 4) is 0 Å². The Morgan fingerprint density at radius 3 is 2.19 bits per heavy atom. The first kappa shape index (κ1) is 16.2. The number of aliphatic carboxylic acids is 1. The monoisotopic (exact) mass is 319 g/mol. The average Bonchev–Trinajstić information content (AvgIpc) is 2.99. The normalized spacial score (nSPS) is 21.6. The summed E-state index contributed by atoms with van der Waals surface area (Å²) in [6.45, 7) is 1.48. The van der Waals surface area contributed by atoms with Crippen molar-refractivity contribution in [2.45, 2.75) is 25.7 Å². The van der Waals surface area contributed by atoms with E-state index < -0.39 is 22.1 Å². The molecule has 0 unspecified atom stereocenters. The van der Waals surface area contributed by atoms with Gasteiger partial charge < -0.3 is 10.0 Å². The van der Waals surface area contributed by atoms with Crippen LogP contribution in [0.15, 0.2) is 0 Å². The zero-order valence-electron chi connectivity index (χ0n) is 11.8. The van der Waals surface area contributed by atoms with E-state index in [1.165, 1.54) is 4.31 Å². The van der Waals surface area contributed by atoms with Crippen LogP contribution in [0.4, 0.5) is 0 Å². The third kappa shape index (κ3) is 4.14. The van der Waals surface area contributed by atoms with Crippen LogP contribution in [0.1, 0.15) is 25.7 Å². The standard InChI is InChI=1S/C12H21N3O5S/c16-11(14-5-1-2-6-14)9-13-21(19,20)15-7-3-10(4-8-15)12(17)18/h10,13H,1-9H2,(H,17,18). The Balaban J connectivity index is 1.82. The summed E-state index contributed by atoms with van der Waals surface area (Å²) in [5.41, 5.74) is 0. The molecule has 0 spiro atoms. The Labute approximate surface area is 124 Å². The van der Waals surface area contributed by atoms with Crippen LogP contribution in [-0.2, 0) is 19.8 Å². The minimum atomic E-state index is -3.71. The Morgan fingerprint density at radius 2 is 1.67 bits per heavy atom. The number of carboxylic acids is 1. The zero-order chi connectivity index (χ0) is 15.5. The molecule has 2 rings (SSSR count). The molecule has 9 heteroatoms. The van der Waals surface area contributed by atoms with Gasteiger partial charge in [0.25, 0.3) is 10.2 Å². The second-order valence-corrected chi connectivity index (χ2v) is 7.18. The number of rotatable bonds is 5. The molecule has 0 radical (unpaired) electrons. The summed E-state index contributed by atoms with van der Waals surface area (Å²) in [6.07, 6.45) is 2.52. The number of nitrogens with zero attached hydrogens (tertiary/aromatic N) is 2. The van der Waals surface area contributed by atoms with Gasteiger partial charge in [-0.15, -0.1) is 0 Å². The number of carbonyl (C=O) groups is 2. The van der Waals surface area contributed by atoms with Gasteiger partial charge in [-0.25, -0.2) is 0 Å². The maximum absolute atomic E-state index is 12.1. The van der Waals surface area contributed by atoms with Crippen LogP contribution in [0, 0.1) is 5.92 Å². The van der Waals surface area contributed by atoms with Gasteiger partial charge in [-0.1, -0.05) is 0 Å². The zero-order valence-corrected chi connectivity index (χ0v) is 12.6. The summed E-state index contributed by atoms with van der Waals surface area (Å²) in [7, 11) is -3.71. The predicted molar refractivity (Wildman–Crippen MR) is 74.7 cm³/mol. The number of carbonyl (C=O) groups excluding carboxylic acids is 1. The molecule has 0 aromatic carbocycles. The number of carboxylic acid groups (broad SMARTS) is 1. The Bertz CT molecular complexity index is 493. The lowest BCUT2D eigenvalue weighted by molar-refractivity contribution is -0.143. The molecule has 2 fully saturated rings. The summed E-state index contributed by atoms with van der Waals surface area (Å²) in [5.74, 6) is -1.58. The largest absolute Gasteiger partial charge is 0.481 e. The molecule has 0 aliphatic carbocycles. The van der Waals surface area contributed by atoms with Crippen molar-refractivity contribution in [1.82, 2.24) is 13.9 Å². The number of nitrogens with one attached hydrogen (secondary N) is 1. The molecule has 21 heavy (non-hydrogen) atoms. The molecule has 0 saturated carbocycles. The van der Waals surface area contributed by atoms with Crippen LogP contribution in [0.25, 0.3) is 0 Å². The third-order valence-corrected chi connectivity index (χ3v) is 5.56.